The second-order valence-electron chi connectivity index (χ2n) is 4.42. The van der Waals surface area contributed by atoms with Gasteiger partial charge in [-0.1, -0.05) is 19.1 Å². The van der Waals surface area contributed by atoms with E-state index in [1.54, 1.807) is 24.3 Å². The van der Waals surface area contributed by atoms with E-state index in [9.17, 15) is 4.79 Å². The fraction of sp³-hybridized carbons (Fsp3) is 0.462. The predicted octanol–water partition coefficient (Wildman–Crippen LogP) is 1.89. The van der Waals surface area contributed by atoms with E-state index in [-0.39, 0.29) is 11.5 Å². The van der Waals surface area contributed by atoms with Crippen molar-refractivity contribution in [2.75, 3.05) is 6.54 Å². The van der Waals surface area contributed by atoms with Gasteiger partial charge < -0.3 is 10.4 Å². The molecule has 0 aromatic heterocycles. The Balaban J connectivity index is 2.67. The van der Waals surface area contributed by atoms with Crippen molar-refractivity contribution in [1.82, 2.24) is 5.32 Å². The van der Waals surface area contributed by atoms with Gasteiger partial charge in [-0.15, -0.1) is 0 Å². The Labute approximate surface area is 96.5 Å². The Morgan fingerprint density at radius 3 is 2.38 bits per heavy atom. The molecule has 3 nitrogen and oxygen atoms in total. The van der Waals surface area contributed by atoms with Crippen LogP contribution in [0.4, 0.5) is 0 Å². The van der Waals surface area contributed by atoms with Crippen molar-refractivity contribution < 1.29 is 9.90 Å². The quantitative estimate of drug-likeness (QED) is 0.798. The third-order valence-electron chi connectivity index (χ3n) is 2.62. The van der Waals surface area contributed by atoms with Crippen LogP contribution < -0.4 is 5.32 Å². The zero-order chi connectivity index (χ0) is 12.2. The lowest BCUT2D eigenvalue weighted by Crippen LogP contribution is -2.47. The molecule has 16 heavy (non-hydrogen) atoms. The minimum atomic E-state index is -0.493. The minimum absolute atomic E-state index is 0.153. The second-order valence-corrected chi connectivity index (χ2v) is 4.42. The van der Waals surface area contributed by atoms with E-state index in [1.165, 1.54) is 0 Å². The van der Waals surface area contributed by atoms with Gasteiger partial charge in [0.15, 0.2) is 5.78 Å². The number of benzene rings is 1. The molecule has 1 aromatic carbocycles. The van der Waals surface area contributed by atoms with E-state index < -0.39 is 5.54 Å². The normalized spacial score (nSPS) is 11.4. The number of nitrogens with one attached hydrogen (secondary N) is 1. The lowest BCUT2D eigenvalue weighted by molar-refractivity contribution is -0.123. The fourth-order valence-electron chi connectivity index (χ4n) is 1.56. The summed E-state index contributed by atoms with van der Waals surface area (Å²) in [4.78, 5) is 12.0. The Bertz CT molecular complexity index is 355. The molecule has 0 unspecified atom stereocenters. The zero-order valence-corrected chi connectivity index (χ0v) is 10.1. The SMILES string of the molecule is CCNC(C)(C)C(=O)Cc1ccc(O)cc1. The van der Waals surface area contributed by atoms with Crippen LogP contribution in [0.5, 0.6) is 5.75 Å². The number of Topliss-reactive ketones (excluding diaryl/α,β-unsaturated/α-hetero) is 1. The molecule has 0 aliphatic rings. The number of rotatable bonds is 5. The number of carbonyl (C=O) groups excluding carboxylic acids is 1. The summed E-state index contributed by atoms with van der Waals surface area (Å²) >= 11 is 0. The molecule has 0 heterocycles. The number of ketones is 1. The van der Waals surface area contributed by atoms with Crippen LogP contribution in [0.1, 0.15) is 26.3 Å². The number of carbonyl (C=O) groups is 1. The Hall–Kier alpha value is -1.35. The molecule has 0 aliphatic heterocycles. The molecule has 0 spiro atoms. The molecule has 0 radical (unpaired) electrons. The van der Waals surface area contributed by atoms with Gasteiger partial charge in [0.2, 0.25) is 0 Å². The van der Waals surface area contributed by atoms with Gasteiger partial charge in [-0.2, -0.15) is 0 Å². The predicted molar refractivity (Wildman–Crippen MR) is 64.6 cm³/mol. The smallest absolute Gasteiger partial charge is 0.156 e. The van der Waals surface area contributed by atoms with E-state index in [2.05, 4.69) is 5.32 Å². The van der Waals surface area contributed by atoms with Crippen molar-refractivity contribution in [2.24, 2.45) is 0 Å². The first-order valence-corrected chi connectivity index (χ1v) is 5.52. The van der Waals surface area contributed by atoms with Gasteiger partial charge >= 0.3 is 0 Å². The van der Waals surface area contributed by atoms with Gasteiger partial charge in [0.25, 0.3) is 0 Å². The third-order valence-corrected chi connectivity index (χ3v) is 2.62. The number of likely N-dealkylation sites (N-methyl/N-ethyl adjacent to an activating group) is 1. The van der Waals surface area contributed by atoms with Crippen molar-refractivity contribution in [1.29, 1.82) is 0 Å². The number of hydrogen-bond acceptors (Lipinski definition) is 3. The van der Waals surface area contributed by atoms with Crippen molar-refractivity contribution in [2.45, 2.75) is 32.7 Å². The van der Waals surface area contributed by atoms with Crippen molar-refractivity contribution in [3.63, 3.8) is 0 Å². The van der Waals surface area contributed by atoms with Gasteiger partial charge in [-0.3, -0.25) is 4.79 Å². The van der Waals surface area contributed by atoms with Crippen LogP contribution in [0.25, 0.3) is 0 Å². The van der Waals surface area contributed by atoms with Crippen LogP contribution in [0, 0.1) is 0 Å². The molecule has 1 aromatic rings. The summed E-state index contributed by atoms with van der Waals surface area (Å²) in [5.41, 5.74) is 0.431. The Kier molecular flexibility index (Phi) is 4.07. The maximum atomic E-state index is 12.0. The molecule has 0 saturated heterocycles. The first kappa shape index (κ1) is 12.7. The topological polar surface area (TPSA) is 49.3 Å². The Morgan fingerprint density at radius 1 is 1.31 bits per heavy atom. The summed E-state index contributed by atoms with van der Waals surface area (Å²) in [7, 11) is 0. The van der Waals surface area contributed by atoms with Crippen LogP contribution in [-0.4, -0.2) is 23.0 Å². The highest BCUT2D eigenvalue weighted by Gasteiger charge is 2.25. The first-order valence-electron chi connectivity index (χ1n) is 5.52. The average molecular weight is 221 g/mol. The number of phenols is 1. The summed E-state index contributed by atoms with van der Waals surface area (Å²) in [5, 5.41) is 12.3. The molecule has 88 valence electrons. The molecular weight excluding hydrogens is 202 g/mol. The molecule has 0 fully saturated rings. The van der Waals surface area contributed by atoms with Crippen LogP contribution in [-0.2, 0) is 11.2 Å². The molecular formula is C13H19NO2. The van der Waals surface area contributed by atoms with E-state index in [0.29, 0.717) is 6.42 Å². The third kappa shape index (κ3) is 3.35. The lowest BCUT2D eigenvalue weighted by atomic mass is 9.93. The molecule has 0 atom stereocenters. The van der Waals surface area contributed by atoms with Crippen molar-refractivity contribution in [3.05, 3.63) is 29.8 Å². The number of hydrogen-bond donors (Lipinski definition) is 2. The largest absolute Gasteiger partial charge is 0.508 e. The van der Waals surface area contributed by atoms with Crippen LogP contribution >= 0.6 is 0 Å². The standard InChI is InChI=1S/C13H19NO2/c1-4-14-13(2,3)12(16)9-10-5-7-11(15)8-6-10/h5-8,14-15H,4,9H2,1-3H3. The van der Waals surface area contributed by atoms with Gasteiger partial charge in [0, 0.05) is 6.42 Å². The zero-order valence-electron chi connectivity index (χ0n) is 10.1. The molecule has 0 aliphatic carbocycles. The Morgan fingerprint density at radius 2 is 1.88 bits per heavy atom. The van der Waals surface area contributed by atoms with E-state index >= 15 is 0 Å². The van der Waals surface area contributed by atoms with Gasteiger partial charge in [0.1, 0.15) is 5.75 Å². The van der Waals surface area contributed by atoms with Crippen LogP contribution in [0.2, 0.25) is 0 Å². The molecule has 3 heteroatoms. The highest BCUT2D eigenvalue weighted by atomic mass is 16.3. The monoisotopic (exact) mass is 221 g/mol. The number of aromatic hydroxyl groups is 1. The molecule has 2 N–H and O–H groups in total. The van der Waals surface area contributed by atoms with Crippen molar-refractivity contribution >= 4 is 5.78 Å². The highest BCUT2D eigenvalue weighted by Crippen LogP contribution is 2.13. The minimum Gasteiger partial charge on any atom is -0.508 e. The van der Waals surface area contributed by atoms with Gasteiger partial charge in [-0.25, -0.2) is 0 Å². The van der Waals surface area contributed by atoms with E-state index in [0.717, 1.165) is 12.1 Å². The molecule has 0 bridgehead atoms. The van der Waals surface area contributed by atoms with E-state index in [4.69, 9.17) is 5.11 Å². The number of phenolic OH excluding ortho intramolecular Hbond substituents is 1. The highest BCUT2D eigenvalue weighted by molar-refractivity contribution is 5.89. The maximum absolute atomic E-state index is 12.0. The van der Waals surface area contributed by atoms with Crippen LogP contribution in [0.3, 0.4) is 0 Å². The summed E-state index contributed by atoms with van der Waals surface area (Å²) in [5.74, 6) is 0.377. The first-order chi connectivity index (χ1) is 7.45. The van der Waals surface area contributed by atoms with Crippen molar-refractivity contribution in [3.8, 4) is 5.75 Å². The summed E-state index contributed by atoms with van der Waals surface area (Å²) in [6, 6.07) is 6.75. The fourth-order valence-corrected chi connectivity index (χ4v) is 1.56. The maximum Gasteiger partial charge on any atom is 0.156 e. The van der Waals surface area contributed by atoms with Crippen LogP contribution in [0.15, 0.2) is 24.3 Å². The second kappa shape index (κ2) is 5.12. The average Bonchev–Trinajstić information content (AvgIpc) is 2.21. The molecule has 0 saturated carbocycles. The summed E-state index contributed by atoms with van der Waals surface area (Å²) < 4.78 is 0. The van der Waals surface area contributed by atoms with Gasteiger partial charge in [-0.05, 0) is 38.1 Å². The van der Waals surface area contributed by atoms with Gasteiger partial charge in [0.05, 0.1) is 5.54 Å². The summed E-state index contributed by atoms with van der Waals surface area (Å²) in [6.45, 7) is 6.53. The molecule has 1 rings (SSSR count). The summed E-state index contributed by atoms with van der Waals surface area (Å²) in [6.07, 6.45) is 0.389. The lowest BCUT2D eigenvalue weighted by Gasteiger charge is -2.24. The van der Waals surface area contributed by atoms with E-state index in [1.807, 2.05) is 20.8 Å². The molecule has 0 amide bonds.